The van der Waals surface area contributed by atoms with Crippen molar-refractivity contribution in [2.45, 2.75) is 50.7 Å². The van der Waals surface area contributed by atoms with Crippen LogP contribution >= 0.6 is 0 Å². The van der Waals surface area contributed by atoms with Gasteiger partial charge in [0.15, 0.2) is 0 Å². The first-order chi connectivity index (χ1) is 15.1. The molecule has 3 heterocycles. The number of nitrogens with zero attached hydrogens (tertiary/aromatic N) is 1. The molecule has 8 nitrogen and oxygen atoms in total. The van der Waals surface area contributed by atoms with Crippen molar-refractivity contribution in [3.63, 3.8) is 0 Å². The highest BCUT2D eigenvalue weighted by Gasteiger charge is 2.58. The van der Waals surface area contributed by atoms with Gasteiger partial charge in [-0.15, -0.1) is 0 Å². The molecule has 2 saturated heterocycles. The average Bonchev–Trinajstić information content (AvgIpc) is 3.19. The van der Waals surface area contributed by atoms with E-state index in [2.05, 4.69) is 16.7 Å². The fourth-order valence-electron chi connectivity index (χ4n) is 4.64. The maximum atomic E-state index is 13.4. The van der Waals surface area contributed by atoms with Gasteiger partial charge in [-0.2, -0.15) is 13.2 Å². The molecule has 2 atom stereocenters. The summed E-state index contributed by atoms with van der Waals surface area (Å²) in [7, 11) is 0. The van der Waals surface area contributed by atoms with Crippen molar-refractivity contribution in [2.24, 2.45) is 10.8 Å². The minimum Gasteiger partial charge on any atom is -0.475 e. The summed E-state index contributed by atoms with van der Waals surface area (Å²) in [6.45, 7) is 4.28. The largest absolute Gasteiger partial charge is 0.490 e. The Kier molecular flexibility index (Phi) is 7.49. The van der Waals surface area contributed by atoms with E-state index in [0.717, 1.165) is 51.7 Å². The summed E-state index contributed by atoms with van der Waals surface area (Å²) in [6, 6.07) is 0.122. The first-order valence-electron chi connectivity index (χ1n) is 10.9. The summed E-state index contributed by atoms with van der Waals surface area (Å²) in [5.74, 6) is -2.40. The number of carboxylic acid groups (broad SMARTS) is 1. The Morgan fingerprint density at radius 2 is 1.94 bits per heavy atom. The van der Waals surface area contributed by atoms with E-state index in [1.165, 1.54) is 0 Å². The van der Waals surface area contributed by atoms with Crippen LogP contribution < -0.4 is 10.6 Å². The van der Waals surface area contributed by atoms with Crippen LogP contribution in [0.15, 0.2) is 12.2 Å². The van der Waals surface area contributed by atoms with Crippen LogP contribution in [0, 0.1) is 10.8 Å². The number of fused-ring (bicyclic) bond motifs is 3. The zero-order valence-electron chi connectivity index (χ0n) is 17.9. The van der Waals surface area contributed by atoms with Crippen molar-refractivity contribution in [3.8, 4) is 0 Å². The quantitative estimate of drug-likeness (QED) is 0.472. The first-order valence-corrected chi connectivity index (χ1v) is 10.9. The van der Waals surface area contributed by atoms with E-state index >= 15 is 0 Å². The van der Waals surface area contributed by atoms with Gasteiger partial charge in [-0.05, 0) is 38.6 Å². The Morgan fingerprint density at radius 3 is 2.53 bits per heavy atom. The summed E-state index contributed by atoms with van der Waals surface area (Å²) in [5.41, 5.74) is -0.187. The van der Waals surface area contributed by atoms with Gasteiger partial charge in [0.05, 0.1) is 18.1 Å². The Labute approximate surface area is 184 Å². The lowest BCUT2D eigenvalue weighted by atomic mass is 9.82. The maximum Gasteiger partial charge on any atom is 0.490 e. The highest BCUT2D eigenvalue weighted by Crippen LogP contribution is 2.53. The molecule has 0 aromatic carbocycles. The summed E-state index contributed by atoms with van der Waals surface area (Å²) in [5, 5.41) is 13.7. The third-order valence-corrected chi connectivity index (χ3v) is 6.68. The number of aliphatic carboxylic acids is 1. The lowest BCUT2D eigenvalue weighted by Gasteiger charge is -2.31. The number of allylic oxidation sites excluding steroid dienone is 1. The maximum absolute atomic E-state index is 13.4. The van der Waals surface area contributed by atoms with Crippen LogP contribution in [0.5, 0.6) is 0 Å². The second kappa shape index (κ2) is 9.78. The Balaban J connectivity index is 0.000000360. The predicted molar refractivity (Wildman–Crippen MR) is 108 cm³/mol. The molecule has 3 aliphatic heterocycles. The Hall–Kier alpha value is -2.14. The third-order valence-electron chi connectivity index (χ3n) is 6.68. The number of hydrogen-bond donors (Lipinski definition) is 3. The molecule has 3 N–H and O–H groups in total. The van der Waals surface area contributed by atoms with Gasteiger partial charge >= 0.3 is 12.1 Å². The molecule has 3 fully saturated rings. The number of ether oxygens (including phenoxy) is 1. The van der Waals surface area contributed by atoms with Crippen LogP contribution in [0.25, 0.3) is 0 Å². The van der Waals surface area contributed by atoms with Crippen molar-refractivity contribution in [1.82, 2.24) is 15.5 Å². The Bertz CT molecular complexity index is 745. The van der Waals surface area contributed by atoms with E-state index in [1.54, 1.807) is 0 Å². The van der Waals surface area contributed by atoms with Gasteiger partial charge in [0.25, 0.3) is 0 Å². The number of halogens is 3. The van der Waals surface area contributed by atoms with Gasteiger partial charge < -0.3 is 25.4 Å². The molecule has 0 radical (unpaired) electrons. The van der Waals surface area contributed by atoms with Crippen LogP contribution in [-0.4, -0.2) is 79.4 Å². The van der Waals surface area contributed by atoms with Crippen molar-refractivity contribution in [1.29, 1.82) is 0 Å². The molecule has 1 saturated carbocycles. The molecule has 2 bridgehead atoms. The van der Waals surface area contributed by atoms with Crippen LogP contribution in [0.4, 0.5) is 13.2 Å². The number of amides is 2. The number of carbonyl (C=O) groups is 3. The van der Waals surface area contributed by atoms with Gasteiger partial charge in [-0.25, -0.2) is 4.79 Å². The summed E-state index contributed by atoms with van der Waals surface area (Å²) in [4.78, 5) is 36.6. The van der Waals surface area contributed by atoms with Gasteiger partial charge in [-0.3, -0.25) is 9.59 Å². The Morgan fingerprint density at radius 1 is 1.22 bits per heavy atom. The fraction of sp³-hybridized carbons (Fsp3) is 0.762. The van der Waals surface area contributed by atoms with E-state index in [0.29, 0.717) is 26.2 Å². The number of nitrogens with one attached hydrogen (secondary N) is 2. The number of carboxylic acids is 1. The van der Waals surface area contributed by atoms with Crippen molar-refractivity contribution >= 4 is 17.8 Å². The lowest BCUT2D eigenvalue weighted by Crippen LogP contribution is -2.46. The number of rotatable bonds is 0. The molecule has 0 aromatic heterocycles. The molecule has 2 spiro atoms. The molecule has 2 amide bonds. The SMILES string of the molecule is O=C(O)C(F)(F)F.O=C1CCCOCC=CCC2(CCNC2)C(=O)N2CC(N1)C1(CC1)C2. The third kappa shape index (κ3) is 5.80. The van der Waals surface area contributed by atoms with Crippen LogP contribution in [0.1, 0.15) is 38.5 Å². The number of carbonyl (C=O) groups excluding carboxylic acids is 2. The molecule has 1 aliphatic carbocycles. The average molecular weight is 461 g/mol. The summed E-state index contributed by atoms with van der Waals surface area (Å²) < 4.78 is 37.3. The van der Waals surface area contributed by atoms with E-state index in [4.69, 9.17) is 14.6 Å². The predicted octanol–water partition coefficient (Wildman–Crippen LogP) is 1.46. The zero-order valence-corrected chi connectivity index (χ0v) is 17.9. The monoisotopic (exact) mass is 461 g/mol. The molecular formula is C21H30F3N3O5. The molecular weight excluding hydrogens is 431 g/mol. The molecule has 11 heteroatoms. The lowest BCUT2D eigenvalue weighted by molar-refractivity contribution is -0.192. The first kappa shape index (κ1) is 24.5. The molecule has 180 valence electrons. The van der Waals surface area contributed by atoms with E-state index in [1.807, 2.05) is 11.0 Å². The second-order valence-corrected chi connectivity index (χ2v) is 9.03. The van der Waals surface area contributed by atoms with E-state index in [-0.39, 0.29) is 28.7 Å². The minimum atomic E-state index is -5.08. The van der Waals surface area contributed by atoms with Crippen molar-refractivity contribution in [3.05, 3.63) is 12.2 Å². The number of hydrogen-bond acceptors (Lipinski definition) is 5. The zero-order chi connectivity index (χ0) is 23.4. The van der Waals surface area contributed by atoms with Crippen molar-refractivity contribution in [2.75, 3.05) is 39.4 Å². The number of alkyl halides is 3. The van der Waals surface area contributed by atoms with Crippen LogP contribution in [0.2, 0.25) is 0 Å². The highest BCUT2D eigenvalue weighted by atomic mass is 19.4. The van der Waals surface area contributed by atoms with Gasteiger partial charge in [0.2, 0.25) is 11.8 Å². The summed E-state index contributed by atoms with van der Waals surface area (Å²) in [6.07, 6.45) is 4.18. The highest BCUT2D eigenvalue weighted by molar-refractivity contribution is 5.84. The van der Waals surface area contributed by atoms with Crippen LogP contribution in [-0.2, 0) is 19.1 Å². The topological polar surface area (TPSA) is 108 Å². The molecule has 0 aromatic rings. The van der Waals surface area contributed by atoms with Gasteiger partial charge in [0.1, 0.15) is 0 Å². The normalized spacial score (nSPS) is 30.3. The van der Waals surface area contributed by atoms with E-state index in [9.17, 15) is 22.8 Å². The minimum absolute atomic E-state index is 0.0943. The molecule has 2 unspecified atom stereocenters. The molecule has 32 heavy (non-hydrogen) atoms. The van der Waals surface area contributed by atoms with Gasteiger partial charge in [0, 0.05) is 38.1 Å². The summed E-state index contributed by atoms with van der Waals surface area (Å²) >= 11 is 0. The van der Waals surface area contributed by atoms with Crippen molar-refractivity contribution < 1.29 is 37.4 Å². The van der Waals surface area contributed by atoms with E-state index < -0.39 is 12.1 Å². The van der Waals surface area contributed by atoms with Crippen LogP contribution in [0.3, 0.4) is 0 Å². The fourth-order valence-corrected chi connectivity index (χ4v) is 4.64. The van der Waals surface area contributed by atoms with Gasteiger partial charge in [-0.1, -0.05) is 12.2 Å². The molecule has 4 aliphatic rings. The molecule has 4 rings (SSSR count). The second-order valence-electron chi connectivity index (χ2n) is 9.03. The standard InChI is InChI=1S/C19H29N3O3.C2HF3O2/c23-16-4-3-11-25-10-2-1-5-18(8-9-20-13-18)17(24)22-12-15(21-16)19(14-22)6-7-19;3-2(4,5)1(6)7/h1-2,15,20H,3-14H2,(H,21,23);(H,6,7). The smallest absolute Gasteiger partial charge is 0.475 e.